The fraction of sp³-hybridized carbons (Fsp3) is 0.333. The summed E-state index contributed by atoms with van der Waals surface area (Å²) in [4.78, 5) is 28.5. The maximum atomic E-state index is 14.0. The first-order chi connectivity index (χ1) is 19.4. The highest BCUT2D eigenvalue weighted by Gasteiger charge is 2.33. The van der Waals surface area contributed by atoms with Crippen molar-refractivity contribution in [3.05, 3.63) is 87.9 Å². The molecule has 0 saturated carbocycles. The van der Waals surface area contributed by atoms with Crippen molar-refractivity contribution in [3.8, 4) is 5.75 Å². The lowest BCUT2D eigenvalue weighted by Gasteiger charge is -2.32. The number of anilines is 1. The second-order valence-corrected chi connectivity index (χ2v) is 12.5. The number of carbonyl (C=O) groups is 2. The average Bonchev–Trinajstić information content (AvgIpc) is 2.95. The van der Waals surface area contributed by atoms with Crippen molar-refractivity contribution in [3.63, 3.8) is 0 Å². The van der Waals surface area contributed by atoms with Crippen LogP contribution >= 0.6 is 23.2 Å². The van der Waals surface area contributed by atoms with E-state index in [-0.39, 0.29) is 29.1 Å². The Morgan fingerprint density at radius 1 is 0.976 bits per heavy atom. The second kappa shape index (κ2) is 14.1. The number of benzene rings is 3. The molecule has 3 aromatic rings. The number of nitrogens with one attached hydrogen (secondary N) is 1. The van der Waals surface area contributed by atoms with E-state index in [1.165, 1.54) is 24.1 Å². The summed E-state index contributed by atoms with van der Waals surface area (Å²) in [7, 11) is -2.72. The number of aryl methyl sites for hydroxylation is 1. The Labute approximate surface area is 252 Å². The van der Waals surface area contributed by atoms with Crippen LogP contribution in [0.15, 0.2) is 71.6 Å². The van der Waals surface area contributed by atoms with Crippen LogP contribution in [0.3, 0.4) is 0 Å². The zero-order valence-corrected chi connectivity index (χ0v) is 26.1. The number of hydrogen-bond donors (Lipinski definition) is 1. The summed E-state index contributed by atoms with van der Waals surface area (Å²) in [6, 6.07) is 16.7. The number of hydrogen-bond acceptors (Lipinski definition) is 5. The van der Waals surface area contributed by atoms with Gasteiger partial charge in [0.05, 0.1) is 27.7 Å². The zero-order valence-electron chi connectivity index (χ0n) is 23.7. The molecule has 0 aliphatic carbocycles. The molecule has 0 spiro atoms. The van der Waals surface area contributed by atoms with E-state index in [2.05, 4.69) is 5.32 Å². The average molecular weight is 621 g/mol. The van der Waals surface area contributed by atoms with Crippen LogP contribution < -0.4 is 14.4 Å². The minimum Gasteiger partial charge on any atom is -0.497 e. The summed E-state index contributed by atoms with van der Waals surface area (Å²) in [5.74, 6) is -0.517. The van der Waals surface area contributed by atoms with Crippen molar-refractivity contribution in [1.29, 1.82) is 0 Å². The molecule has 8 nitrogen and oxygen atoms in total. The number of nitrogens with zero attached hydrogens (tertiary/aromatic N) is 2. The Balaban J connectivity index is 2.06. The molecule has 2 atom stereocenters. The monoisotopic (exact) mass is 619 g/mol. The van der Waals surface area contributed by atoms with E-state index in [4.69, 9.17) is 27.9 Å². The van der Waals surface area contributed by atoms with Gasteiger partial charge in [0.15, 0.2) is 0 Å². The van der Waals surface area contributed by atoms with E-state index >= 15 is 0 Å². The number of carbonyl (C=O) groups excluding carboxylic acids is 2. The molecule has 0 aromatic heterocycles. The van der Waals surface area contributed by atoms with Crippen LogP contribution in [0.5, 0.6) is 5.75 Å². The van der Waals surface area contributed by atoms with E-state index in [0.29, 0.717) is 27.8 Å². The highest BCUT2D eigenvalue weighted by atomic mass is 35.5. The molecule has 11 heteroatoms. The van der Waals surface area contributed by atoms with E-state index in [1.807, 2.05) is 20.8 Å². The number of halogens is 2. The molecule has 0 saturated heterocycles. The van der Waals surface area contributed by atoms with Crippen molar-refractivity contribution < 1.29 is 22.7 Å². The standard InChI is InChI=1S/C30H35Cl2N3O5S/c1-6-21(3)33-30(37)22(4)34(18-23-12-15-27(31)28(32)16-23)29(36)19-35(24-8-7-9-25(17-24)40-5)41(38,39)26-13-10-20(2)11-14-26/h7-17,21-22H,6,18-19H2,1-5H3,(H,33,37)/t21-,22+/m1/s1. The Bertz CT molecular complexity index is 1480. The number of sulfonamides is 1. The Morgan fingerprint density at radius 2 is 1.66 bits per heavy atom. The van der Waals surface area contributed by atoms with Gasteiger partial charge in [0.1, 0.15) is 18.3 Å². The van der Waals surface area contributed by atoms with Crippen LogP contribution in [0.4, 0.5) is 5.69 Å². The zero-order chi connectivity index (χ0) is 30.3. The topological polar surface area (TPSA) is 96.0 Å². The molecule has 1 N–H and O–H groups in total. The van der Waals surface area contributed by atoms with Crippen LogP contribution in [0.25, 0.3) is 0 Å². The first kappa shape index (κ1) is 32.2. The second-order valence-electron chi connectivity index (χ2n) is 9.79. The van der Waals surface area contributed by atoms with Crippen molar-refractivity contribution in [2.45, 2.75) is 57.6 Å². The van der Waals surface area contributed by atoms with E-state index < -0.39 is 28.5 Å². The molecule has 3 rings (SSSR count). The lowest BCUT2D eigenvalue weighted by atomic mass is 10.1. The summed E-state index contributed by atoms with van der Waals surface area (Å²) in [5, 5.41) is 3.55. The smallest absolute Gasteiger partial charge is 0.264 e. The van der Waals surface area contributed by atoms with Crippen LogP contribution in [0.1, 0.15) is 38.3 Å². The fourth-order valence-electron chi connectivity index (χ4n) is 4.01. The minimum atomic E-state index is -4.19. The molecule has 220 valence electrons. The van der Waals surface area contributed by atoms with Gasteiger partial charge in [-0.2, -0.15) is 0 Å². The quantitative estimate of drug-likeness (QED) is 0.275. The van der Waals surface area contributed by atoms with E-state index in [1.54, 1.807) is 61.5 Å². The summed E-state index contributed by atoms with van der Waals surface area (Å²) in [6.45, 7) is 6.71. The van der Waals surface area contributed by atoms with Gasteiger partial charge in [0, 0.05) is 18.7 Å². The first-order valence-electron chi connectivity index (χ1n) is 13.1. The Hall–Kier alpha value is -3.27. The third-order valence-corrected chi connectivity index (χ3v) is 9.26. The van der Waals surface area contributed by atoms with Crippen LogP contribution in [-0.4, -0.2) is 50.9 Å². The summed E-state index contributed by atoms with van der Waals surface area (Å²) < 4.78 is 34.2. The van der Waals surface area contributed by atoms with Crippen LogP contribution in [0.2, 0.25) is 10.0 Å². The molecular formula is C30H35Cl2N3O5S. The van der Waals surface area contributed by atoms with Crippen molar-refractivity contribution in [2.75, 3.05) is 18.0 Å². The van der Waals surface area contributed by atoms with Gasteiger partial charge in [-0.1, -0.05) is 60.0 Å². The fourth-order valence-corrected chi connectivity index (χ4v) is 5.74. The van der Waals surface area contributed by atoms with Gasteiger partial charge < -0.3 is 15.0 Å². The van der Waals surface area contributed by atoms with Gasteiger partial charge in [-0.15, -0.1) is 0 Å². The number of rotatable bonds is 12. The van der Waals surface area contributed by atoms with Gasteiger partial charge in [0.2, 0.25) is 11.8 Å². The van der Waals surface area contributed by atoms with Crippen molar-refractivity contribution >= 4 is 50.7 Å². The minimum absolute atomic E-state index is 0.00133. The number of amides is 2. The van der Waals surface area contributed by atoms with Crippen LogP contribution in [-0.2, 0) is 26.2 Å². The molecule has 2 amide bonds. The predicted octanol–water partition coefficient (Wildman–Crippen LogP) is 5.84. The largest absolute Gasteiger partial charge is 0.497 e. The van der Waals surface area contributed by atoms with Crippen molar-refractivity contribution in [2.24, 2.45) is 0 Å². The third kappa shape index (κ3) is 8.15. The summed E-state index contributed by atoms with van der Waals surface area (Å²) >= 11 is 12.3. The lowest BCUT2D eigenvalue weighted by Crippen LogP contribution is -2.52. The van der Waals surface area contributed by atoms with Crippen molar-refractivity contribution in [1.82, 2.24) is 10.2 Å². The Morgan fingerprint density at radius 3 is 2.27 bits per heavy atom. The van der Waals surface area contributed by atoms with E-state index in [0.717, 1.165) is 9.87 Å². The highest BCUT2D eigenvalue weighted by molar-refractivity contribution is 7.92. The van der Waals surface area contributed by atoms with Gasteiger partial charge in [-0.05, 0) is 69.2 Å². The summed E-state index contributed by atoms with van der Waals surface area (Å²) in [5.41, 5.74) is 1.76. The normalized spacial score (nSPS) is 12.8. The Kier molecular flexibility index (Phi) is 11.1. The third-order valence-electron chi connectivity index (χ3n) is 6.73. The van der Waals surface area contributed by atoms with Crippen LogP contribution in [0, 0.1) is 6.92 Å². The number of methoxy groups -OCH3 is 1. The molecule has 41 heavy (non-hydrogen) atoms. The predicted molar refractivity (Wildman–Crippen MR) is 163 cm³/mol. The molecule has 0 aliphatic rings. The molecule has 0 bridgehead atoms. The maximum absolute atomic E-state index is 14.0. The number of ether oxygens (including phenoxy) is 1. The lowest BCUT2D eigenvalue weighted by molar-refractivity contribution is -0.139. The molecule has 0 fully saturated rings. The maximum Gasteiger partial charge on any atom is 0.264 e. The van der Waals surface area contributed by atoms with E-state index in [9.17, 15) is 18.0 Å². The first-order valence-corrected chi connectivity index (χ1v) is 15.3. The van der Waals surface area contributed by atoms with Gasteiger partial charge in [-0.3, -0.25) is 13.9 Å². The van der Waals surface area contributed by atoms with Gasteiger partial charge in [-0.25, -0.2) is 8.42 Å². The molecule has 0 unspecified atom stereocenters. The molecule has 0 aliphatic heterocycles. The molecule has 0 radical (unpaired) electrons. The summed E-state index contributed by atoms with van der Waals surface area (Å²) in [6.07, 6.45) is 0.706. The molecule has 0 heterocycles. The highest BCUT2D eigenvalue weighted by Crippen LogP contribution is 2.28. The molecule has 3 aromatic carbocycles. The molecular weight excluding hydrogens is 585 g/mol. The SMILES string of the molecule is CC[C@@H](C)NC(=O)[C@H](C)N(Cc1ccc(Cl)c(Cl)c1)C(=O)CN(c1cccc(OC)c1)S(=O)(=O)c1ccc(C)cc1. The van der Waals surface area contributed by atoms with Gasteiger partial charge >= 0.3 is 0 Å². The van der Waals surface area contributed by atoms with Gasteiger partial charge in [0.25, 0.3) is 10.0 Å².